The molecule has 0 saturated heterocycles. The molecule has 0 amide bonds. The molecule has 1 aromatic carbocycles. The van der Waals surface area contributed by atoms with Crippen LogP contribution in [-0.4, -0.2) is 9.55 Å². The Kier molecular flexibility index (Phi) is 6.01. The molecular formula is C15H11Cl2F3N2OS. The molecule has 0 atom stereocenters. The first-order valence-corrected chi connectivity index (χ1v) is 8.33. The van der Waals surface area contributed by atoms with Crippen LogP contribution in [0.4, 0.5) is 13.2 Å². The van der Waals surface area contributed by atoms with E-state index in [-0.39, 0.29) is 17.5 Å². The van der Waals surface area contributed by atoms with Gasteiger partial charge in [-0.25, -0.2) is 4.98 Å². The Hall–Kier alpha value is -1.44. The highest BCUT2D eigenvalue weighted by Crippen LogP contribution is 2.31. The number of thioether (sulfide) groups is 1. The topological polar surface area (TPSA) is 34.9 Å². The molecule has 0 bridgehead atoms. The second kappa shape index (κ2) is 7.63. The van der Waals surface area contributed by atoms with Crippen molar-refractivity contribution in [2.75, 3.05) is 0 Å². The summed E-state index contributed by atoms with van der Waals surface area (Å²) in [4.78, 5) is 15.5. The maximum Gasteiger partial charge on any atom is 0.433 e. The Labute approximate surface area is 150 Å². The predicted molar refractivity (Wildman–Crippen MR) is 89.7 cm³/mol. The molecule has 0 aliphatic carbocycles. The Bertz CT molecular complexity index is 821. The number of rotatable bonds is 5. The zero-order chi connectivity index (χ0) is 17.9. The van der Waals surface area contributed by atoms with Gasteiger partial charge in [-0.15, -0.1) is 6.58 Å². The molecule has 0 radical (unpaired) electrons. The smallest absolute Gasteiger partial charge is 0.284 e. The number of benzene rings is 1. The van der Waals surface area contributed by atoms with Gasteiger partial charge in [0.2, 0.25) is 0 Å². The maximum absolute atomic E-state index is 12.9. The van der Waals surface area contributed by atoms with Crippen LogP contribution >= 0.6 is 35.0 Å². The van der Waals surface area contributed by atoms with E-state index in [1.165, 1.54) is 12.1 Å². The van der Waals surface area contributed by atoms with Gasteiger partial charge in [-0.2, -0.15) is 13.2 Å². The summed E-state index contributed by atoms with van der Waals surface area (Å²) < 4.78 is 39.7. The summed E-state index contributed by atoms with van der Waals surface area (Å²) in [5.41, 5.74) is -1.35. The van der Waals surface area contributed by atoms with Gasteiger partial charge in [-0.3, -0.25) is 9.36 Å². The molecule has 24 heavy (non-hydrogen) atoms. The second-order valence-corrected chi connectivity index (χ2v) is 6.47. The molecule has 0 unspecified atom stereocenters. The number of halogens is 5. The molecule has 0 N–H and O–H groups in total. The van der Waals surface area contributed by atoms with Crippen LogP contribution in [0.5, 0.6) is 0 Å². The van der Waals surface area contributed by atoms with Crippen LogP contribution in [0.25, 0.3) is 0 Å². The van der Waals surface area contributed by atoms with Crippen LogP contribution in [0.3, 0.4) is 0 Å². The van der Waals surface area contributed by atoms with E-state index in [1.54, 1.807) is 12.1 Å². The summed E-state index contributed by atoms with van der Waals surface area (Å²) in [6.07, 6.45) is -3.28. The fraction of sp³-hybridized carbons (Fsp3) is 0.200. The van der Waals surface area contributed by atoms with E-state index in [9.17, 15) is 18.0 Å². The minimum Gasteiger partial charge on any atom is -0.284 e. The highest BCUT2D eigenvalue weighted by molar-refractivity contribution is 7.98. The first-order valence-electron chi connectivity index (χ1n) is 6.59. The quantitative estimate of drug-likeness (QED) is 0.404. The van der Waals surface area contributed by atoms with Crippen molar-refractivity contribution in [2.45, 2.75) is 23.6 Å². The highest BCUT2D eigenvalue weighted by Gasteiger charge is 2.34. The molecule has 0 spiro atoms. The van der Waals surface area contributed by atoms with E-state index in [2.05, 4.69) is 11.6 Å². The lowest BCUT2D eigenvalue weighted by Crippen LogP contribution is -2.25. The van der Waals surface area contributed by atoms with E-state index in [4.69, 9.17) is 23.2 Å². The van der Waals surface area contributed by atoms with Crippen molar-refractivity contribution >= 4 is 35.0 Å². The average molecular weight is 395 g/mol. The van der Waals surface area contributed by atoms with Gasteiger partial charge in [0.25, 0.3) is 5.56 Å². The van der Waals surface area contributed by atoms with E-state index in [1.807, 2.05) is 0 Å². The number of aromatic nitrogens is 2. The zero-order valence-corrected chi connectivity index (χ0v) is 14.4. The fourth-order valence-corrected chi connectivity index (χ4v) is 3.39. The molecule has 0 aliphatic rings. The van der Waals surface area contributed by atoms with Gasteiger partial charge in [-0.05, 0) is 17.7 Å². The van der Waals surface area contributed by atoms with Crippen molar-refractivity contribution in [1.29, 1.82) is 0 Å². The van der Waals surface area contributed by atoms with Crippen molar-refractivity contribution in [1.82, 2.24) is 9.55 Å². The van der Waals surface area contributed by atoms with E-state index >= 15 is 0 Å². The fourth-order valence-electron chi connectivity index (χ4n) is 1.82. The molecule has 2 aromatic rings. The molecule has 0 saturated carbocycles. The van der Waals surface area contributed by atoms with Crippen molar-refractivity contribution < 1.29 is 13.2 Å². The number of alkyl halides is 3. The van der Waals surface area contributed by atoms with Gasteiger partial charge < -0.3 is 0 Å². The summed E-state index contributed by atoms with van der Waals surface area (Å²) in [7, 11) is 0. The van der Waals surface area contributed by atoms with Crippen molar-refractivity contribution in [2.24, 2.45) is 0 Å². The van der Waals surface area contributed by atoms with Gasteiger partial charge in [0.15, 0.2) is 10.9 Å². The summed E-state index contributed by atoms with van der Waals surface area (Å²) in [6, 6.07) is 5.30. The minimum absolute atomic E-state index is 0.0549. The maximum atomic E-state index is 12.9. The normalized spacial score (nSPS) is 11.5. The Morgan fingerprint density at radius 2 is 2.00 bits per heavy atom. The monoisotopic (exact) mass is 394 g/mol. The predicted octanol–water partition coefficient (Wildman–Crippen LogP) is 5.05. The van der Waals surface area contributed by atoms with Crippen LogP contribution in [0, 0.1) is 0 Å². The van der Waals surface area contributed by atoms with Gasteiger partial charge in [-0.1, -0.05) is 47.1 Å². The van der Waals surface area contributed by atoms with Gasteiger partial charge >= 0.3 is 6.18 Å². The molecular weight excluding hydrogens is 384 g/mol. The summed E-state index contributed by atoms with van der Waals surface area (Å²) in [5, 5.41) is 0.787. The summed E-state index contributed by atoms with van der Waals surface area (Å²) >= 11 is 12.8. The van der Waals surface area contributed by atoms with Crippen LogP contribution in [0.15, 0.2) is 46.9 Å². The first-order chi connectivity index (χ1) is 11.2. The Morgan fingerprint density at radius 1 is 1.29 bits per heavy atom. The van der Waals surface area contributed by atoms with Gasteiger partial charge in [0.1, 0.15) is 0 Å². The minimum atomic E-state index is -4.69. The molecule has 3 nitrogen and oxygen atoms in total. The number of nitrogens with zero attached hydrogens (tertiary/aromatic N) is 2. The van der Waals surface area contributed by atoms with Crippen LogP contribution in [-0.2, 0) is 18.5 Å². The lowest BCUT2D eigenvalue weighted by atomic mass is 10.2. The first kappa shape index (κ1) is 18.9. The number of hydrogen-bond donors (Lipinski definition) is 0. The summed E-state index contributed by atoms with van der Waals surface area (Å²) in [5.74, 6) is 0.237. The lowest BCUT2D eigenvalue weighted by Gasteiger charge is -2.13. The molecule has 0 aliphatic heterocycles. The highest BCUT2D eigenvalue weighted by atomic mass is 35.5. The molecule has 1 heterocycles. The van der Waals surface area contributed by atoms with E-state index in [0.717, 1.165) is 16.3 Å². The standard InChI is InChI=1S/C15H11Cl2F3N2OS/c1-2-5-22-13(23)7-12(15(18,19)20)21-14(22)24-8-9-3-4-10(16)6-11(9)17/h2-4,6-7H,1,5,8H2. The average Bonchev–Trinajstić information content (AvgIpc) is 2.48. The second-order valence-electron chi connectivity index (χ2n) is 4.68. The van der Waals surface area contributed by atoms with Crippen molar-refractivity contribution in [3.8, 4) is 0 Å². The van der Waals surface area contributed by atoms with E-state index in [0.29, 0.717) is 21.7 Å². The zero-order valence-electron chi connectivity index (χ0n) is 12.1. The van der Waals surface area contributed by atoms with Crippen molar-refractivity contribution in [3.05, 3.63) is 68.6 Å². The van der Waals surface area contributed by atoms with Crippen molar-refractivity contribution in [3.63, 3.8) is 0 Å². The Morgan fingerprint density at radius 3 is 2.58 bits per heavy atom. The third-order valence-corrected chi connectivity index (χ3v) is 4.56. The van der Waals surface area contributed by atoms with Gasteiger partial charge in [0, 0.05) is 28.4 Å². The van der Waals surface area contributed by atoms with E-state index < -0.39 is 17.4 Å². The number of hydrogen-bond acceptors (Lipinski definition) is 3. The van der Waals surface area contributed by atoms with Gasteiger partial charge in [0.05, 0.1) is 0 Å². The molecule has 128 valence electrons. The molecule has 2 rings (SSSR count). The lowest BCUT2D eigenvalue weighted by molar-refractivity contribution is -0.141. The number of allylic oxidation sites excluding steroid dienone is 1. The largest absolute Gasteiger partial charge is 0.433 e. The third-order valence-electron chi connectivity index (χ3n) is 2.95. The Balaban J connectivity index is 2.38. The SMILES string of the molecule is C=CCn1c(SCc2ccc(Cl)cc2Cl)nc(C(F)(F)F)cc1=O. The van der Waals surface area contributed by atoms with Crippen LogP contribution < -0.4 is 5.56 Å². The summed E-state index contributed by atoms with van der Waals surface area (Å²) in [6.45, 7) is 3.55. The molecule has 1 aromatic heterocycles. The molecule has 9 heteroatoms. The van der Waals surface area contributed by atoms with Crippen LogP contribution in [0.2, 0.25) is 10.0 Å². The molecule has 0 fully saturated rings. The third kappa shape index (κ3) is 4.55. The van der Waals surface area contributed by atoms with Crippen LogP contribution in [0.1, 0.15) is 11.3 Å².